The lowest BCUT2D eigenvalue weighted by molar-refractivity contribution is -0.140. The number of aliphatic hydroxyl groups excluding tert-OH is 1. The maximum absolute atomic E-state index is 12.8. The molecule has 0 aromatic heterocycles. The van der Waals surface area contributed by atoms with Gasteiger partial charge in [-0.2, -0.15) is 0 Å². The van der Waals surface area contributed by atoms with Gasteiger partial charge in [-0.3, -0.25) is 9.59 Å². The summed E-state index contributed by atoms with van der Waals surface area (Å²) in [5, 5.41) is 16.0. The van der Waals surface area contributed by atoms with E-state index >= 15 is 0 Å². The van der Waals surface area contributed by atoms with E-state index in [9.17, 15) is 14.7 Å². The second-order valence-corrected chi connectivity index (χ2v) is 6.06. The number of likely N-dealkylation sites (tertiary alicyclic amines) is 1. The molecule has 1 aliphatic heterocycles. The quantitative estimate of drug-likeness (QED) is 0.457. The van der Waals surface area contributed by atoms with Gasteiger partial charge in [0.15, 0.2) is 0 Å². The number of hydrogen-bond donors (Lipinski definition) is 2. The fourth-order valence-corrected chi connectivity index (χ4v) is 3.49. The van der Waals surface area contributed by atoms with Gasteiger partial charge in [0.25, 0.3) is 0 Å². The van der Waals surface area contributed by atoms with Gasteiger partial charge >= 0.3 is 0 Å². The van der Waals surface area contributed by atoms with E-state index in [0.717, 1.165) is 32.1 Å². The van der Waals surface area contributed by atoms with Crippen LogP contribution in [0.3, 0.4) is 0 Å². The molecule has 1 saturated heterocycles. The number of aliphatic hydroxyl groups is 1. The van der Waals surface area contributed by atoms with Crippen LogP contribution in [0.4, 0.5) is 0 Å². The summed E-state index contributed by atoms with van der Waals surface area (Å²) in [5.41, 5.74) is 8.79. The Morgan fingerprint density at radius 1 is 1.36 bits per heavy atom. The molecule has 1 aliphatic carbocycles. The van der Waals surface area contributed by atoms with Crippen LogP contribution in [0.15, 0.2) is 5.11 Å². The van der Waals surface area contributed by atoms with Gasteiger partial charge in [0.05, 0.1) is 6.10 Å². The number of β-amino-alcohol motifs (C(OH)–C–C–N with tert-alkyl or cyclic N) is 1. The summed E-state index contributed by atoms with van der Waals surface area (Å²) in [6.45, 7) is 0.112. The minimum atomic E-state index is -0.775. The Bertz CT molecular complexity index is 471. The first-order chi connectivity index (χ1) is 10.6. The zero-order valence-corrected chi connectivity index (χ0v) is 12.8. The number of hydrogen-bond acceptors (Lipinski definition) is 4. The van der Waals surface area contributed by atoms with E-state index in [0.29, 0.717) is 0 Å². The molecule has 2 fully saturated rings. The van der Waals surface area contributed by atoms with Gasteiger partial charge in [-0.25, -0.2) is 0 Å². The van der Waals surface area contributed by atoms with Gasteiger partial charge in [-0.1, -0.05) is 24.4 Å². The number of carbonyl (C=O) groups excluding carboxylic acids is 2. The van der Waals surface area contributed by atoms with E-state index in [1.165, 1.54) is 11.9 Å². The summed E-state index contributed by atoms with van der Waals surface area (Å²) >= 11 is 0. The van der Waals surface area contributed by atoms with Gasteiger partial charge in [0, 0.05) is 24.9 Å². The Balaban J connectivity index is 2.17. The van der Waals surface area contributed by atoms with E-state index in [1.54, 1.807) is 0 Å². The van der Waals surface area contributed by atoms with Crippen molar-refractivity contribution < 1.29 is 14.7 Å². The van der Waals surface area contributed by atoms with E-state index < -0.39 is 18.2 Å². The molecule has 0 aromatic carbocycles. The van der Waals surface area contributed by atoms with Crippen molar-refractivity contribution in [2.75, 3.05) is 13.6 Å². The molecular weight excluding hydrogens is 286 g/mol. The molecule has 8 heteroatoms. The third-order valence-corrected chi connectivity index (χ3v) is 4.64. The highest BCUT2D eigenvalue weighted by Crippen LogP contribution is 2.31. The first kappa shape index (κ1) is 16.6. The van der Waals surface area contributed by atoms with Crippen LogP contribution in [0, 0.1) is 5.92 Å². The highest BCUT2D eigenvalue weighted by Gasteiger charge is 2.42. The fourth-order valence-electron chi connectivity index (χ4n) is 3.49. The highest BCUT2D eigenvalue weighted by molar-refractivity contribution is 5.90. The summed E-state index contributed by atoms with van der Waals surface area (Å²) in [6.07, 6.45) is 4.40. The van der Waals surface area contributed by atoms with Gasteiger partial charge < -0.3 is 15.3 Å². The molecule has 3 atom stereocenters. The number of likely N-dealkylation sites (N-methyl/N-ethyl adjacent to an activating group) is 1. The van der Waals surface area contributed by atoms with Crippen molar-refractivity contribution in [2.24, 2.45) is 11.0 Å². The first-order valence-electron chi connectivity index (χ1n) is 7.82. The number of amides is 2. The van der Waals surface area contributed by atoms with Gasteiger partial charge in [-0.15, -0.1) is 0 Å². The van der Waals surface area contributed by atoms with Crippen LogP contribution < -0.4 is 5.32 Å². The predicted molar refractivity (Wildman–Crippen MR) is 79.7 cm³/mol. The Hall–Kier alpha value is -1.79. The number of carbonyl (C=O) groups is 2. The topological polar surface area (TPSA) is 118 Å². The van der Waals surface area contributed by atoms with Gasteiger partial charge in [0.2, 0.25) is 11.8 Å². The molecule has 0 spiro atoms. The Morgan fingerprint density at radius 2 is 2.05 bits per heavy atom. The molecule has 0 aromatic rings. The van der Waals surface area contributed by atoms with Crippen molar-refractivity contribution in [2.45, 2.75) is 56.7 Å². The van der Waals surface area contributed by atoms with Crippen LogP contribution in [0.1, 0.15) is 38.5 Å². The van der Waals surface area contributed by atoms with E-state index in [-0.39, 0.29) is 30.7 Å². The second-order valence-electron chi connectivity index (χ2n) is 6.06. The number of rotatable bonds is 4. The lowest BCUT2D eigenvalue weighted by Crippen LogP contribution is -2.49. The highest BCUT2D eigenvalue weighted by atomic mass is 16.3. The largest absolute Gasteiger partial charge is 0.391 e. The molecule has 2 aliphatic rings. The summed E-state index contributed by atoms with van der Waals surface area (Å²) < 4.78 is 0. The first-order valence-corrected chi connectivity index (χ1v) is 7.82. The summed E-state index contributed by atoms with van der Waals surface area (Å²) in [6, 6.07) is -1.46. The minimum absolute atomic E-state index is 0.0280. The molecule has 8 nitrogen and oxygen atoms in total. The Morgan fingerprint density at radius 3 is 2.64 bits per heavy atom. The van der Waals surface area contributed by atoms with Crippen molar-refractivity contribution >= 4 is 11.8 Å². The van der Waals surface area contributed by atoms with Crippen molar-refractivity contribution in [3.8, 4) is 0 Å². The minimum Gasteiger partial charge on any atom is -0.391 e. The molecule has 0 radical (unpaired) electrons. The lowest BCUT2D eigenvalue weighted by atomic mass is 9.83. The Labute approximate surface area is 129 Å². The molecule has 1 saturated carbocycles. The van der Waals surface area contributed by atoms with Crippen LogP contribution in [0.2, 0.25) is 0 Å². The maximum Gasteiger partial charge on any atom is 0.242 e. The predicted octanol–water partition coefficient (Wildman–Crippen LogP) is 0.953. The molecule has 2 N–H and O–H groups in total. The Kier molecular flexibility index (Phi) is 5.63. The van der Waals surface area contributed by atoms with Crippen LogP contribution >= 0.6 is 0 Å². The second kappa shape index (κ2) is 7.47. The van der Waals surface area contributed by atoms with Crippen molar-refractivity contribution in [1.82, 2.24) is 10.2 Å². The number of nitrogens with one attached hydrogen (secondary N) is 1. The molecule has 22 heavy (non-hydrogen) atoms. The van der Waals surface area contributed by atoms with E-state index in [4.69, 9.17) is 5.53 Å². The van der Waals surface area contributed by atoms with Crippen molar-refractivity contribution in [3.05, 3.63) is 10.4 Å². The van der Waals surface area contributed by atoms with Gasteiger partial charge in [0.1, 0.15) is 12.1 Å². The van der Waals surface area contributed by atoms with Crippen LogP contribution in [-0.4, -0.2) is 53.6 Å². The van der Waals surface area contributed by atoms with Crippen LogP contribution in [-0.2, 0) is 9.59 Å². The average Bonchev–Trinajstić information content (AvgIpc) is 2.94. The summed E-state index contributed by atoms with van der Waals surface area (Å²) in [4.78, 5) is 28.9. The monoisotopic (exact) mass is 309 g/mol. The molecule has 2 unspecified atom stereocenters. The van der Waals surface area contributed by atoms with Gasteiger partial charge in [-0.05, 0) is 24.3 Å². The zero-order valence-electron chi connectivity index (χ0n) is 12.8. The SMILES string of the molecule is CNC(=O)[C@H]1CC(O)CN1C(=O)C(N=[N+]=[N-])C1CCCCC1. The summed E-state index contributed by atoms with van der Waals surface area (Å²) in [5.74, 6) is -0.608. The van der Waals surface area contributed by atoms with E-state index in [2.05, 4.69) is 15.3 Å². The standard InChI is InChI=1S/C14H23N5O3/c1-16-13(21)11-7-10(20)8-19(11)14(22)12(17-18-15)9-5-3-2-4-6-9/h9-12,20H,2-8H2,1H3,(H,16,21)/t10?,11-,12?/m1/s1. The molecular formula is C14H23N5O3. The molecule has 122 valence electrons. The molecule has 0 bridgehead atoms. The summed E-state index contributed by atoms with van der Waals surface area (Å²) in [7, 11) is 1.50. The third-order valence-electron chi connectivity index (χ3n) is 4.64. The third kappa shape index (κ3) is 3.51. The van der Waals surface area contributed by atoms with Crippen LogP contribution in [0.25, 0.3) is 10.4 Å². The molecule has 2 amide bonds. The van der Waals surface area contributed by atoms with Crippen LogP contribution in [0.5, 0.6) is 0 Å². The smallest absolute Gasteiger partial charge is 0.242 e. The number of nitrogens with zero attached hydrogens (tertiary/aromatic N) is 4. The maximum atomic E-state index is 12.8. The zero-order chi connectivity index (χ0) is 16.1. The van der Waals surface area contributed by atoms with Crippen molar-refractivity contribution in [3.63, 3.8) is 0 Å². The normalized spacial score (nSPS) is 27.1. The molecule has 1 heterocycles. The molecule has 2 rings (SSSR count). The average molecular weight is 309 g/mol. The van der Waals surface area contributed by atoms with Crippen molar-refractivity contribution in [1.29, 1.82) is 0 Å². The number of azide groups is 1. The van der Waals surface area contributed by atoms with E-state index in [1.807, 2.05) is 0 Å². The lowest BCUT2D eigenvalue weighted by Gasteiger charge is -2.31. The fraction of sp³-hybridized carbons (Fsp3) is 0.857.